The van der Waals surface area contributed by atoms with Crippen LogP contribution in [0.15, 0.2) is 42.5 Å². The molecule has 3 nitrogen and oxygen atoms in total. The molecular weight excluding hydrogens is 298 g/mol. The lowest BCUT2D eigenvalue weighted by molar-refractivity contribution is 0.0861. The zero-order valence-corrected chi connectivity index (χ0v) is 12.8. The van der Waals surface area contributed by atoms with Crippen molar-refractivity contribution in [3.63, 3.8) is 0 Å². The summed E-state index contributed by atoms with van der Waals surface area (Å²) >= 11 is 6.21. The fourth-order valence-electron chi connectivity index (χ4n) is 3.30. The summed E-state index contributed by atoms with van der Waals surface area (Å²) in [7, 11) is 1.75. The molecule has 4 heteroatoms. The average Bonchev–Trinajstić information content (AvgIpc) is 2.75. The van der Waals surface area contributed by atoms with Crippen LogP contribution in [0.2, 0.25) is 5.02 Å². The Morgan fingerprint density at radius 2 is 1.82 bits per heavy atom. The van der Waals surface area contributed by atoms with Crippen LogP contribution < -0.4 is 0 Å². The van der Waals surface area contributed by atoms with Gasteiger partial charge in [0.15, 0.2) is 5.60 Å². The van der Waals surface area contributed by atoms with Crippen molar-refractivity contribution in [2.45, 2.75) is 5.60 Å². The number of fused-ring (bicyclic) bond motifs is 4. The Hall–Kier alpha value is -2.26. The number of rotatable bonds is 0. The summed E-state index contributed by atoms with van der Waals surface area (Å²) in [6.07, 6.45) is 3.79. The summed E-state index contributed by atoms with van der Waals surface area (Å²) in [4.78, 5) is 13.7. The molecule has 1 amide bonds. The maximum Gasteiger partial charge on any atom is 0.410 e. The van der Waals surface area contributed by atoms with Gasteiger partial charge in [-0.25, -0.2) is 4.79 Å². The first kappa shape index (κ1) is 13.4. The molecule has 0 N–H and O–H groups in total. The molecule has 110 valence electrons. The van der Waals surface area contributed by atoms with Crippen LogP contribution in [0, 0.1) is 0 Å². The Balaban J connectivity index is 2.06. The van der Waals surface area contributed by atoms with Crippen molar-refractivity contribution >= 4 is 29.8 Å². The highest BCUT2D eigenvalue weighted by Crippen LogP contribution is 2.45. The average molecular weight is 312 g/mol. The predicted octanol–water partition coefficient (Wildman–Crippen LogP) is 4.15. The summed E-state index contributed by atoms with van der Waals surface area (Å²) in [5.41, 5.74) is 3.18. The Bertz CT molecular complexity index is 814. The third-order valence-corrected chi connectivity index (χ3v) is 4.56. The van der Waals surface area contributed by atoms with Crippen molar-refractivity contribution < 1.29 is 9.53 Å². The molecule has 1 spiro atoms. The van der Waals surface area contributed by atoms with Gasteiger partial charge in [-0.15, -0.1) is 0 Å². The zero-order chi connectivity index (χ0) is 15.3. The van der Waals surface area contributed by atoms with Crippen LogP contribution in [0.25, 0.3) is 12.2 Å². The van der Waals surface area contributed by atoms with Gasteiger partial charge in [0.1, 0.15) is 0 Å². The number of nitrogens with zero attached hydrogens (tertiary/aromatic N) is 1. The third kappa shape index (κ3) is 1.79. The van der Waals surface area contributed by atoms with E-state index >= 15 is 0 Å². The molecule has 1 aliphatic carbocycles. The summed E-state index contributed by atoms with van der Waals surface area (Å²) < 4.78 is 5.88. The van der Waals surface area contributed by atoms with E-state index in [2.05, 4.69) is 6.08 Å². The van der Waals surface area contributed by atoms with Crippen molar-refractivity contribution in [1.29, 1.82) is 0 Å². The van der Waals surface area contributed by atoms with Crippen LogP contribution in [-0.2, 0) is 10.3 Å². The number of benzene rings is 2. The smallest absolute Gasteiger partial charge is 0.410 e. The molecule has 1 unspecified atom stereocenters. The highest BCUT2D eigenvalue weighted by molar-refractivity contribution is 6.30. The molecule has 2 aliphatic rings. The molecule has 2 aromatic carbocycles. The third-order valence-electron chi connectivity index (χ3n) is 4.32. The van der Waals surface area contributed by atoms with E-state index in [0.717, 1.165) is 22.3 Å². The van der Waals surface area contributed by atoms with Gasteiger partial charge in [-0.3, -0.25) is 0 Å². The largest absolute Gasteiger partial charge is 0.431 e. The van der Waals surface area contributed by atoms with Crippen LogP contribution in [0.3, 0.4) is 0 Å². The van der Waals surface area contributed by atoms with Gasteiger partial charge in [0.05, 0.1) is 6.54 Å². The van der Waals surface area contributed by atoms with Gasteiger partial charge in [-0.05, 0) is 23.3 Å². The van der Waals surface area contributed by atoms with Crippen molar-refractivity contribution in [3.05, 3.63) is 69.7 Å². The van der Waals surface area contributed by atoms with Crippen LogP contribution in [0.4, 0.5) is 4.79 Å². The lowest BCUT2D eigenvalue weighted by Gasteiger charge is -2.29. The van der Waals surface area contributed by atoms with Crippen molar-refractivity contribution in [2.24, 2.45) is 0 Å². The molecule has 1 saturated heterocycles. The molecule has 0 aromatic heterocycles. The summed E-state index contributed by atoms with van der Waals surface area (Å²) in [6, 6.07) is 13.7. The summed E-state index contributed by atoms with van der Waals surface area (Å²) in [5.74, 6) is 0. The lowest BCUT2D eigenvalue weighted by Crippen LogP contribution is -2.33. The quantitative estimate of drug-likeness (QED) is 0.731. The van der Waals surface area contributed by atoms with E-state index in [1.807, 2.05) is 48.5 Å². The van der Waals surface area contributed by atoms with Crippen molar-refractivity contribution in [1.82, 2.24) is 4.90 Å². The Morgan fingerprint density at radius 1 is 1.09 bits per heavy atom. The number of amides is 1. The van der Waals surface area contributed by atoms with Gasteiger partial charge in [-0.2, -0.15) is 0 Å². The molecule has 4 rings (SSSR count). The fourth-order valence-corrected chi connectivity index (χ4v) is 3.47. The molecule has 1 atom stereocenters. The fraction of sp³-hybridized carbons (Fsp3) is 0.167. The predicted molar refractivity (Wildman–Crippen MR) is 86.7 cm³/mol. The Morgan fingerprint density at radius 3 is 2.55 bits per heavy atom. The summed E-state index contributed by atoms with van der Waals surface area (Å²) in [5, 5.41) is 0.636. The van der Waals surface area contributed by atoms with E-state index in [1.54, 1.807) is 11.9 Å². The van der Waals surface area contributed by atoms with Crippen molar-refractivity contribution in [2.75, 3.05) is 13.6 Å². The van der Waals surface area contributed by atoms with Crippen molar-refractivity contribution in [3.8, 4) is 0 Å². The van der Waals surface area contributed by atoms with Crippen LogP contribution in [0.1, 0.15) is 22.3 Å². The normalized spacial score (nSPS) is 22.3. The minimum absolute atomic E-state index is 0.317. The number of ether oxygens (including phenoxy) is 1. The zero-order valence-electron chi connectivity index (χ0n) is 12.0. The van der Waals surface area contributed by atoms with Gasteiger partial charge < -0.3 is 9.64 Å². The second kappa shape index (κ2) is 4.62. The Kier molecular flexibility index (Phi) is 2.81. The second-order valence-electron chi connectivity index (χ2n) is 5.70. The standard InChI is InChI=1S/C18H14ClNO2/c1-20-11-18(22-17(20)21)15-5-3-2-4-12(15)6-7-13-8-9-14(19)10-16(13)18/h2-10H,11H2,1H3. The minimum Gasteiger partial charge on any atom is -0.431 e. The SMILES string of the molecule is CN1CC2(OC1=O)c1ccccc1C=Cc1ccc(Cl)cc12. The first-order chi connectivity index (χ1) is 10.6. The first-order valence-corrected chi connectivity index (χ1v) is 7.50. The molecule has 0 bridgehead atoms. The van der Waals surface area contributed by atoms with Gasteiger partial charge in [0.2, 0.25) is 0 Å². The maximum atomic E-state index is 12.1. The van der Waals surface area contributed by atoms with E-state index < -0.39 is 5.60 Å². The maximum absolute atomic E-state index is 12.1. The number of likely N-dealkylation sites (N-methyl/N-ethyl adjacent to an activating group) is 1. The number of hydrogen-bond donors (Lipinski definition) is 0. The van der Waals surface area contributed by atoms with Crippen LogP contribution in [-0.4, -0.2) is 24.6 Å². The van der Waals surface area contributed by atoms with Gasteiger partial charge in [0.25, 0.3) is 0 Å². The van der Waals surface area contributed by atoms with Gasteiger partial charge >= 0.3 is 6.09 Å². The Labute approximate surface area is 133 Å². The van der Waals surface area contributed by atoms with Gasteiger partial charge in [-0.1, -0.05) is 54.1 Å². The van der Waals surface area contributed by atoms with E-state index in [-0.39, 0.29) is 6.09 Å². The van der Waals surface area contributed by atoms with E-state index in [4.69, 9.17) is 16.3 Å². The molecule has 0 radical (unpaired) electrons. The van der Waals surface area contributed by atoms with Gasteiger partial charge in [0, 0.05) is 23.2 Å². The molecule has 1 heterocycles. The molecule has 2 aromatic rings. The monoisotopic (exact) mass is 311 g/mol. The number of halogens is 1. The molecule has 22 heavy (non-hydrogen) atoms. The molecule has 0 saturated carbocycles. The highest BCUT2D eigenvalue weighted by atomic mass is 35.5. The molecular formula is C18H14ClNO2. The number of hydrogen-bond acceptors (Lipinski definition) is 2. The van der Waals surface area contributed by atoms with Crippen LogP contribution >= 0.6 is 11.6 Å². The minimum atomic E-state index is -0.813. The number of carbonyl (C=O) groups is 1. The van der Waals surface area contributed by atoms with E-state index in [0.29, 0.717) is 11.6 Å². The first-order valence-electron chi connectivity index (χ1n) is 7.12. The highest BCUT2D eigenvalue weighted by Gasteiger charge is 2.49. The van der Waals surface area contributed by atoms with Crippen LogP contribution in [0.5, 0.6) is 0 Å². The number of carbonyl (C=O) groups excluding carboxylic acids is 1. The molecule has 1 aliphatic heterocycles. The second-order valence-corrected chi connectivity index (χ2v) is 6.14. The van der Waals surface area contributed by atoms with E-state index in [9.17, 15) is 4.79 Å². The lowest BCUT2D eigenvalue weighted by atomic mass is 9.83. The van der Waals surface area contributed by atoms with E-state index in [1.165, 1.54) is 0 Å². The summed E-state index contributed by atoms with van der Waals surface area (Å²) in [6.45, 7) is 0.470. The topological polar surface area (TPSA) is 29.5 Å². The molecule has 1 fully saturated rings.